The Bertz CT molecular complexity index is 748. The number of furan rings is 1. The van der Waals surface area contributed by atoms with Gasteiger partial charge < -0.3 is 8.94 Å². The SMILES string of the molecule is CCc1ccc([C@@H](C)N[C@@H](C)c2noc(-c3ccccc3)n2)o1. The molecule has 1 aromatic carbocycles. The molecule has 0 spiro atoms. The Morgan fingerprint density at radius 3 is 2.52 bits per heavy atom. The number of aryl methyl sites for hydroxylation is 1. The highest BCUT2D eigenvalue weighted by atomic mass is 16.5. The lowest BCUT2D eigenvalue weighted by molar-refractivity contribution is 0.368. The molecule has 0 fully saturated rings. The number of benzene rings is 1. The van der Waals surface area contributed by atoms with Gasteiger partial charge in [-0.3, -0.25) is 5.32 Å². The molecule has 0 aliphatic rings. The highest BCUT2D eigenvalue weighted by Crippen LogP contribution is 2.22. The van der Waals surface area contributed by atoms with E-state index >= 15 is 0 Å². The van der Waals surface area contributed by atoms with Gasteiger partial charge in [0.2, 0.25) is 0 Å². The van der Waals surface area contributed by atoms with Gasteiger partial charge in [-0.1, -0.05) is 30.3 Å². The minimum atomic E-state index is -0.0404. The summed E-state index contributed by atoms with van der Waals surface area (Å²) in [7, 11) is 0. The monoisotopic (exact) mass is 311 g/mol. The van der Waals surface area contributed by atoms with E-state index in [1.807, 2.05) is 49.4 Å². The predicted octanol–water partition coefficient (Wildman–Crippen LogP) is 4.30. The third kappa shape index (κ3) is 3.51. The summed E-state index contributed by atoms with van der Waals surface area (Å²) >= 11 is 0. The smallest absolute Gasteiger partial charge is 0.257 e. The van der Waals surface area contributed by atoms with Gasteiger partial charge in [0.1, 0.15) is 11.5 Å². The van der Waals surface area contributed by atoms with Crippen molar-refractivity contribution in [3.05, 3.63) is 59.8 Å². The molecule has 120 valence electrons. The average Bonchev–Trinajstić information content (AvgIpc) is 3.25. The largest absolute Gasteiger partial charge is 0.464 e. The van der Waals surface area contributed by atoms with Crippen molar-refractivity contribution in [2.24, 2.45) is 0 Å². The van der Waals surface area contributed by atoms with Crippen LogP contribution in [0.4, 0.5) is 0 Å². The molecule has 0 saturated carbocycles. The summed E-state index contributed by atoms with van der Waals surface area (Å²) in [6.07, 6.45) is 0.896. The molecule has 0 bridgehead atoms. The Labute approximate surface area is 135 Å². The molecule has 0 radical (unpaired) electrons. The van der Waals surface area contributed by atoms with Gasteiger partial charge in [-0.05, 0) is 38.1 Å². The fraction of sp³-hybridized carbons (Fsp3) is 0.333. The van der Waals surface area contributed by atoms with Crippen molar-refractivity contribution in [3.63, 3.8) is 0 Å². The first-order valence-electron chi connectivity index (χ1n) is 7.91. The average molecular weight is 311 g/mol. The van der Waals surface area contributed by atoms with E-state index in [2.05, 4.69) is 29.3 Å². The zero-order chi connectivity index (χ0) is 16.2. The molecule has 0 aliphatic carbocycles. The van der Waals surface area contributed by atoms with E-state index in [9.17, 15) is 0 Å². The van der Waals surface area contributed by atoms with Crippen molar-refractivity contribution in [1.82, 2.24) is 15.5 Å². The second-order valence-corrected chi connectivity index (χ2v) is 5.59. The minimum absolute atomic E-state index is 0.0404. The Kier molecular flexibility index (Phi) is 4.57. The number of rotatable bonds is 6. The summed E-state index contributed by atoms with van der Waals surface area (Å²) in [6.45, 7) is 6.15. The third-order valence-corrected chi connectivity index (χ3v) is 3.81. The first-order chi connectivity index (χ1) is 11.2. The highest BCUT2D eigenvalue weighted by Gasteiger charge is 2.19. The van der Waals surface area contributed by atoms with E-state index in [0.717, 1.165) is 23.5 Å². The van der Waals surface area contributed by atoms with Gasteiger partial charge in [-0.15, -0.1) is 0 Å². The van der Waals surface area contributed by atoms with Crippen LogP contribution in [0, 0.1) is 0 Å². The van der Waals surface area contributed by atoms with E-state index in [0.29, 0.717) is 11.7 Å². The summed E-state index contributed by atoms with van der Waals surface area (Å²) in [5.74, 6) is 3.08. The maximum absolute atomic E-state index is 5.78. The maximum Gasteiger partial charge on any atom is 0.257 e. The normalized spacial score (nSPS) is 13.9. The zero-order valence-electron chi connectivity index (χ0n) is 13.6. The van der Waals surface area contributed by atoms with Crippen molar-refractivity contribution in [2.75, 3.05) is 0 Å². The number of nitrogens with one attached hydrogen (secondary N) is 1. The van der Waals surface area contributed by atoms with Crippen LogP contribution >= 0.6 is 0 Å². The van der Waals surface area contributed by atoms with Gasteiger partial charge in [-0.2, -0.15) is 4.98 Å². The summed E-state index contributed by atoms with van der Waals surface area (Å²) in [5.41, 5.74) is 0.921. The number of hydrogen-bond donors (Lipinski definition) is 1. The zero-order valence-corrected chi connectivity index (χ0v) is 13.6. The Hall–Kier alpha value is -2.40. The third-order valence-electron chi connectivity index (χ3n) is 3.81. The van der Waals surface area contributed by atoms with Crippen LogP contribution in [0.3, 0.4) is 0 Å². The first-order valence-corrected chi connectivity index (χ1v) is 7.91. The second-order valence-electron chi connectivity index (χ2n) is 5.59. The number of hydrogen-bond acceptors (Lipinski definition) is 5. The molecular formula is C18H21N3O2. The van der Waals surface area contributed by atoms with Gasteiger partial charge >= 0.3 is 0 Å². The van der Waals surface area contributed by atoms with E-state index in [1.54, 1.807) is 0 Å². The molecule has 0 aliphatic heterocycles. The van der Waals surface area contributed by atoms with Gasteiger partial charge in [0.25, 0.3) is 5.89 Å². The minimum Gasteiger partial charge on any atom is -0.464 e. The van der Waals surface area contributed by atoms with Crippen LogP contribution < -0.4 is 5.32 Å². The van der Waals surface area contributed by atoms with E-state index in [1.165, 1.54) is 0 Å². The molecule has 0 unspecified atom stereocenters. The summed E-state index contributed by atoms with van der Waals surface area (Å²) < 4.78 is 11.1. The van der Waals surface area contributed by atoms with E-state index in [-0.39, 0.29) is 12.1 Å². The van der Waals surface area contributed by atoms with Gasteiger partial charge in [-0.25, -0.2) is 0 Å². The topological polar surface area (TPSA) is 64.1 Å². The molecule has 0 amide bonds. The fourth-order valence-corrected chi connectivity index (χ4v) is 2.46. The lowest BCUT2D eigenvalue weighted by atomic mass is 10.2. The van der Waals surface area contributed by atoms with Crippen molar-refractivity contribution >= 4 is 0 Å². The van der Waals surface area contributed by atoms with Crippen LogP contribution in [0.2, 0.25) is 0 Å². The van der Waals surface area contributed by atoms with Gasteiger partial charge in [0, 0.05) is 12.0 Å². The van der Waals surface area contributed by atoms with Crippen LogP contribution in [-0.2, 0) is 6.42 Å². The molecule has 2 heterocycles. The van der Waals surface area contributed by atoms with Crippen molar-refractivity contribution in [1.29, 1.82) is 0 Å². The second kappa shape index (κ2) is 6.79. The van der Waals surface area contributed by atoms with Gasteiger partial charge in [0.05, 0.1) is 12.1 Å². The van der Waals surface area contributed by atoms with E-state index < -0.39 is 0 Å². The molecule has 5 nitrogen and oxygen atoms in total. The molecule has 3 aromatic rings. The molecule has 1 N–H and O–H groups in total. The van der Waals surface area contributed by atoms with Crippen LogP contribution in [0.15, 0.2) is 51.4 Å². The number of nitrogens with zero attached hydrogens (tertiary/aromatic N) is 2. The first kappa shape index (κ1) is 15.5. The van der Waals surface area contributed by atoms with E-state index in [4.69, 9.17) is 8.94 Å². The quantitative estimate of drug-likeness (QED) is 0.735. The standard InChI is InChI=1S/C18H21N3O2/c1-4-15-10-11-16(22-15)12(2)19-13(3)17-20-18(23-21-17)14-8-6-5-7-9-14/h5-13,19H,4H2,1-3H3/t12-,13+/m1/s1. The number of aromatic nitrogens is 2. The molecule has 5 heteroatoms. The molecule has 0 saturated heterocycles. The van der Waals surface area contributed by atoms with Gasteiger partial charge in [0.15, 0.2) is 5.82 Å². The molecule has 3 rings (SSSR count). The van der Waals surface area contributed by atoms with Crippen LogP contribution in [0.25, 0.3) is 11.5 Å². The maximum atomic E-state index is 5.78. The molecule has 23 heavy (non-hydrogen) atoms. The van der Waals surface area contributed by atoms with Crippen molar-refractivity contribution in [3.8, 4) is 11.5 Å². The Morgan fingerprint density at radius 2 is 1.83 bits per heavy atom. The molecule has 2 atom stereocenters. The Morgan fingerprint density at radius 1 is 1.04 bits per heavy atom. The summed E-state index contributed by atoms with van der Waals surface area (Å²) in [5, 5.41) is 7.52. The Balaban J connectivity index is 1.68. The van der Waals surface area contributed by atoms with Crippen molar-refractivity contribution < 1.29 is 8.94 Å². The highest BCUT2D eigenvalue weighted by molar-refractivity contribution is 5.52. The van der Waals surface area contributed by atoms with Crippen LogP contribution in [0.5, 0.6) is 0 Å². The summed E-state index contributed by atoms with van der Waals surface area (Å²) in [4.78, 5) is 4.48. The molecule has 2 aromatic heterocycles. The van der Waals surface area contributed by atoms with Crippen LogP contribution in [-0.4, -0.2) is 10.1 Å². The van der Waals surface area contributed by atoms with Crippen LogP contribution in [0.1, 0.15) is 50.2 Å². The lowest BCUT2D eigenvalue weighted by Gasteiger charge is -2.15. The fourth-order valence-electron chi connectivity index (χ4n) is 2.46. The lowest BCUT2D eigenvalue weighted by Crippen LogP contribution is -2.23. The summed E-state index contributed by atoms with van der Waals surface area (Å²) in [6, 6.07) is 13.8. The predicted molar refractivity (Wildman–Crippen MR) is 87.8 cm³/mol. The van der Waals surface area contributed by atoms with Crippen molar-refractivity contribution in [2.45, 2.75) is 39.3 Å². The molecular weight excluding hydrogens is 290 g/mol.